The maximum atomic E-state index is 12.9. The van der Waals surface area contributed by atoms with Gasteiger partial charge in [-0.2, -0.15) is 10.2 Å². The number of carbonyl (C=O) groups excluding carboxylic acids is 1. The minimum atomic E-state index is -0.411. The predicted octanol–water partition coefficient (Wildman–Crippen LogP) is 1.91. The monoisotopic (exact) mass is 417 g/mol. The predicted molar refractivity (Wildman–Crippen MR) is 112 cm³/mol. The van der Waals surface area contributed by atoms with Crippen molar-refractivity contribution in [2.75, 3.05) is 26.2 Å². The van der Waals surface area contributed by atoms with Crippen LogP contribution in [0.25, 0.3) is 0 Å². The lowest BCUT2D eigenvalue weighted by Crippen LogP contribution is -2.50. The molecule has 10 nitrogen and oxygen atoms in total. The summed E-state index contributed by atoms with van der Waals surface area (Å²) in [4.78, 5) is 27.9. The van der Waals surface area contributed by atoms with E-state index < -0.39 is 4.92 Å². The molecule has 1 saturated heterocycles. The molecule has 0 spiro atoms. The van der Waals surface area contributed by atoms with Crippen LogP contribution in [0.1, 0.15) is 36.5 Å². The number of rotatable bonds is 7. The molecule has 10 heteroatoms. The lowest BCUT2D eigenvalue weighted by Gasteiger charge is -2.36. The molecule has 1 aliphatic heterocycles. The summed E-state index contributed by atoms with van der Waals surface area (Å²) in [5, 5.41) is 20.0. The van der Waals surface area contributed by atoms with Gasteiger partial charge in [-0.25, -0.2) is 0 Å². The van der Waals surface area contributed by atoms with E-state index in [0.29, 0.717) is 31.0 Å². The lowest BCUT2D eigenvalue weighted by atomic mass is 10.1. The van der Waals surface area contributed by atoms with Crippen molar-refractivity contribution in [1.82, 2.24) is 29.4 Å². The van der Waals surface area contributed by atoms with Gasteiger partial charge in [-0.1, -0.05) is 6.92 Å². The zero-order valence-corrected chi connectivity index (χ0v) is 18.5. The van der Waals surface area contributed by atoms with E-state index in [1.807, 2.05) is 23.4 Å². The highest BCUT2D eigenvalue weighted by Gasteiger charge is 2.28. The van der Waals surface area contributed by atoms with Crippen LogP contribution in [0.5, 0.6) is 0 Å². The second-order valence-corrected chi connectivity index (χ2v) is 8.06. The van der Waals surface area contributed by atoms with Crippen molar-refractivity contribution in [3.8, 4) is 0 Å². The van der Waals surface area contributed by atoms with E-state index in [9.17, 15) is 14.9 Å². The lowest BCUT2D eigenvalue weighted by molar-refractivity contribution is -0.386. The molecule has 0 aliphatic carbocycles. The number of nitrogens with zero attached hydrogens (tertiary/aromatic N) is 7. The average Bonchev–Trinajstić information content (AvgIpc) is 3.20. The first-order chi connectivity index (χ1) is 14.2. The molecular weight excluding hydrogens is 386 g/mol. The van der Waals surface area contributed by atoms with Gasteiger partial charge in [-0.3, -0.25) is 29.2 Å². The van der Waals surface area contributed by atoms with Crippen molar-refractivity contribution >= 4 is 11.6 Å². The number of hydrogen-bond acceptors (Lipinski definition) is 6. The first kappa shape index (κ1) is 21.9. The molecule has 0 bridgehead atoms. The van der Waals surface area contributed by atoms with Crippen LogP contribution in [-0.4, -0.2) is 66.4 Å². The van der Waals surface area contributed by atoms with Crippen molar-refractivity contribution in [2.24, 2.45) is 5.92 Å². The molecule has 1 aliphatic rings. The number of aryl methyl sites for hydroxylation is 3. The molecule has 30 heavy (non-hydrogen) atoms. The molecule has 1 fully saturated rings. The molecule has 3 heterocycles. The van der Waals surface area contributed by atoms with Gasteiger partial charge < -0.3 is 4.90 Å². The zero-order valence-electron chi connectivity index (χ0n) is 18.5. The fourth-order valence-electron chi connectivity index (χ4n) is 4.02. The number of hydrogen-bond donors (Lipinski definition) is 0. The van der Waals surface area contributed by atoms with Gasteiger partial charge in [-0.15, -0.1) is 0 Å². The van der Waals surface area contributed by atoms with Gasteiger partial charge in [-0.05, 0) is 27.7 Å². The van der Waals surface area contributed by atoms with E-state index in [1.54, 1.807) is 18.5 Å². The summed E-state index contributed by atoms with van der Waals surface area (Å²) < 4.78 is 3.54. The van der Waals surface area contributed by atoms with Crippen LogP contribution in [0, 0.1) is 36.8 Å². The largest absolute Gasteiger partial charge is 0.340 e. The Morgan fingerprint density at radius 2 is 1.83 bits per heavy atom. The first-order valence-electron chi connectivity index (χ1n) is 10.4. The molecule has 164 valence electrons. The second kappa shape index (κ2) is 8.95. The molecule has 0 radical (unpaired) electrons. The Bertz CT molecular complexity index is 925. The minimum absolute atomic E-state index is 0.0324. The smallest absolute Gasteiger partial charge is 0.312 e. The number of amides is 1. The van der Waals surface area contributed by atoms with Crippen LogP contribution in [0.15, 0.2) is 6.20 Å². The molecule has 0 N–H and O–H groups in total. The summed E-state index contributed by atoms with van der Waals surface area (Å²) in [6.45, 7) is 14.3. The third kappa shape index (κ3) is 4.53. The van der Waals surface area contributed by atoms with Crippen LogP contribution >= 0.6 is 0 Å². The number of piperazine rings is 1. The fraction of sp³-hybridized carbons (Fsp3) is 0.650. The summed E-state index contributed by atoms with van der Waals surface area (Å²) >= 11 is 0. The summed E-state index contributed by atoms with van der Waals surface area (Å²) in [7, 11) is 0. The highest BCUT2D eigenvalue weighted by molar-refractivity contribution is 5.78. The van der Waals surface area contributed by atoms with E-state index in [4.69, 9.17) is 0 Å². The van der Waals surface area contributed by atoms with Crippen LogP contribution < -0.4 is 0 Å². The molecule has 3 rings (SSSR count). The Balaban J connectivity index is 1.55. The standard InChI is InChI=1S/C20H31N7O3/c1-6-25-13-18(15(3)21-25)12-23-7-9-24(10-8-23)20(28)14(2)11-26-17(5)19(27(29)30)16(4)22-26/h13-14H,6-12H2,1-5H3. The van der Waals surface area contributed by atoms with Gasteiger partial charge in [0.05, 0.1) is 23.1 Å². The van der Waals surface area contributed by atoms with Crippen molar-refractivity contribution < 1.29 is 9.72 Å². The molecule has 2 aromatic rings. The third-order valence-corrected chi connectivity index (χ3v) is 5.84. The summed E-state index contributed by atoms with van der Waals surface area (Å²) in [5.41, 5.74) is 3.20. The van der Waals surface area contributed by atoms with E-state index in [1.165, 1.54) is 5.56 Å². The third-order valence-electron chi connectivity index (χ3n) is 5.84. The van der Waals surface area contributed by atoms with Gasteiger partial charge >= 0.3 is 5.69 Å². The van der Waals surface area contributed by atoms with Gasteiger partial charge in [0, 0.05) is 51.0 Å². The van der Waals surface area contributed by atoms with E-state index in [0.717, 1.165) is 31.9 Å². The van der Waals surface area contributed by atoms with Crippen LogP contribution in [-0.2, 0) is 24.4 Å². The molecule has 2 aromatic heterocycles. The maximum Gasteiger partial charge on any atom is 0.312 e. The second-order valence-electron chi connectivity index (χ2n) is 8.06. The Morgan fingerprint density at radius 3 is 2.37 bits per heavy atom. The number of nitro groups is 1. The summed E-state index contributed by atoms with van der Waals surface area (Å²) in [6.07, 6.45) is 2.10. The minimum Gasteiger partial charge on any atom is -0.340 e. The maximum absolute atomic E-state index is 12.9. The van der Waals surface area contributed by atoms with E-state index in [2.05, 4.69) is 28.2 Å². The summed E-state index contributed by atoms with van der Waals surface area (Å²) in [5.74, 6) is -0.223. The van der Waals surface area contributed by atoms with Gasteiger partial charge in [0.25, 0.3) is 0 Å². The molecule has 0 saturated carbocycles. The number of aromatic nitrogens is 4. The van der Waals surface area contributed by atoms with Crippen LogP contribution in [0.3, 0.4) is 0 Å². The topological polar surface area (TPSA) is 102 Å². The highest BCUT2D eigenvalue weighted by atomic mass is 16.6. The van der Waals surface area contributed by atoms with E-state index >= 15 is 0 Å². The van der Waals surface area contributed by atoms with Crippen molar-refractivity contribution in [3.63, 3.8) is 0 Å². The number of carbonyl (C=O) groups is 1. The van der Waals surface area contributed by atoms with Gasteiger partial charge in [0.1, 0.15) is 11.4 Å². The quantitative estimate of drug-likeness (QED) is 0.504. The Hall–Kier alpha value is -2.75. The van der Waals surface area contributed by atoms with E-state index in [-0.39, 0.29) is 17.5 Å². The molecule has 1 amide bonds. The molecule has 0 aromatic carbocycles. The molecular formula is C20H31N7O3. The first-order valence-corrected chi connectivity index (χ1v) is 10.4. The van der Waals surface area contributed by atoms with Gasteiger partial charge in [0.15, 0.2) is 0 Å². The zero-order chi connectivity index (χ0) is 22.0. The van der Waals surface area contributed by atoms with Crippen LogP contribution in [0.4, 0.5) is 5.69 Å². The Morgan fingerprint density at radius 1 is 1.17 bits per heavy atom. The molecule has 1 atom stereocenters. The van der Waals surface area contributed by atoms with Crippen LogP contribution in [0.2, 0.25) is 0 Å². The van der Waals surface area contributed by atoms with Crippen molar-refractivity contribution in [2.45, 2.75) is 54.3 Å². The molecule has 1 unspecified atom stereocenters. The average molecular weight is 418 g/mol. The van der Waals surface area contributed by atoms with Gasteiger partial charge in [0.2, 0.25) is 5.91 Å². The normalized spacial score (nSPS) is 16.1. The van der Waals surface area contributed by atoms with Crippen molar-refractivity contribution in [1.29, 1.82) is 0 Å². The van der Waals surface area contributed by atoms with Crippen molar-refractivity contribution in [3.05, 3.63) is 39.0 Å². The Labute approximate surface area is 176 Å². The summed E-state index contributed by atoms with van der Waals surface area (Å²) in [6, 6.07) is 0. The SMILES string of the molecule is CCn1cc(CN2CCN(C(=O)C(C)Cn3nc(C)c([N+](=O)[O-])c3C)CC2)c(C)n1. The Kier molecular flexibility index (Phi) is 6.55. The fourth-order valence-corrected chi connectivity index (χ4v) is 4.02. The highest BCUT2D eigenvalue weighted by Crippen LogP contribution is 2.23.